The van der Waals surface area contributed by atoms with Crippen molar-refractivity contribution in [1.82, 2.24) is 5.32 Å². The largest absolute Gasteiger partial charge is 0.482 e. The number of hydrogen-bond donors (Lipinski definition) is 1. The van der Waals surface area contributed by atoms with E-state index in [1.54, 1.807) is 37.4 Å². The summed E-state index contributed by atoms with van der Waals surface area (Å²) in [4.78, 5) is 25.4. The van der Waals surface area contributed by atoms with Crippen LogP contribution in [0.5, 0.6) is 5.75 Å². The number of carbonyl (C=O) groups is 2. The quantitative estimate of drug-likeness (QED) is 0.941. The van der Waals surface area contributed by atoms with Crippen LogP contribution in [-0.2, 0) is 11.3 Å². The van der Waals surface area contributed by atoms with E-state index in [0.29, 0.717) is 28.6 Å². The Morgan fingerprint density at radius 3 is 2.74 bits per heavy atom. The van der Waals surface area contributed by atoms with Crippen molar-refractivity contribution in [2.75, 3.05) is 18.6 Å². The van der Waals surface area contributed by atoms with Gasteiger partial charge in [0.25, 0.3) is 11.8 Å². The SMILES string of the molecule is CN1C(=O)COc2ccc(C(=O)NCc3ccc(Cl)cc3)cc21. The van der Waals surface area contributed by atoms with Gasteiger partial charge in [-0.05, 0) is 35.9 Å². The van der Waals surface area contributed by atoms with Crippen molar-refractivity contribution >= 4 is 29.1 Å². The van der Waals surface area contributed by atoms with Gasteiger partial charge in [0.1, 0.15) is 5.75 Å². The van der Waals surface area contributed by atoms with Crippen molar-refractivity contribution in [3.63, 3.8) is 0 Å². The average molecular weight is 331 g/mol. The first-order chi connectivity index (χ1) is 11.0. The van der Waals surface area contributed by atoms with Crippen LogP contribution in [0.25, 0.3) is 0 Å². The minimum Gasteiger partial charge on any atom is -0.482 e. The maximum atomic E-state index is 12.3. The Morgan fingerprint density at radius 2 is 2.00 bits per heavy atom. The van der Waals surface area contributed by atoms with Crippen LogP contribution >= 0.6 is 11.6 Å². The summed E-state index contributed by atoms with van der Waals surface area (Å²) in [7, 11) is 1.67. The van der Waals surface area contributed by atoms with E-state index < -0.39 is 0 Å². The third-order valence-electron chi connectivity index (χ3n) is 3.67. The lowest BCUT2D eigenvalue weighted by Gasteiger charge is -2.26. The molecule has 2 aromatic rings. The van der Waals surface area contributed by atoms with E-state index in [1.807, 2.05) is 12.1 Å². The lowest BCUT2D eigenvalue weighted by molar-refractivity contribution is -0.120. The molecule has 0 bridgehead atoms. The summed E-state index contributed by atoms with van der Waals surface area (Å²) in [6.45, 7) is 0.421. The predicted molar refractivity (Wildman–Crippen MR) is 88.0 cm³/mol. The Morgan fingerprint density at radius 1 is 1.26 bits per heavy atom. The molecular weight excluding hydrogens is 316 g/mol. The molecule has 0 aromatic heterocycles. The van der Waals surface area contributed by atoms with E-state index in [-0.39, 0.29) is 18.4 Å². The number of rotatable bonds is 3. The van der Waals surface area contributed by atoms with Gasteiger partial charge in [0.05, 0.1) is 5.69 Å². The van der Waals surface area contributed by atoms with Gasteiger partial charge in [0, 0.05) is 24.2 Å². The van der Waals surface area contributed by atoms with Crippen molar-refractivity contribution in [2.45, 2.75) is 6.54 Å². The second-order valence-electron chi connectivity index (χ2n) is 5.23. The highest BCUT2D eigenvalue weighted by Crippen LogP contribution is 2.31. The third kappa shape index (κ3) is 3.29. The zero-order valence-corrected chi connectivity index (χ0v) is 13.3. The molecular formula is C17H15ClN2O3. The predicted octanol–water partition coefficient (Wildman–Crippen LogP) is 2.63. The van der Waals surface area contributed by atoms with Gasteiger partial charge in [-0.2, -0.15) is 0 Å². The monoisotopic (exact) mass is 330 g/mol. The second-order valence-corrected chi connectivity index (χ2v) is 5.67. The molecule has 0 aliphatic carbocycles. The van der Waals surface area contributed by atoms with Gasteiger partial charge in [-0.15, -0.1) is 0 Å². The Bertz CT molecular complexity index is 759. The molecule has 23 heavy (non-hydrogen) atoms. The summed E-state index contributed by atoms with van der Waals surface area (Å²) >= 11 is 5.83. The first kappa shape index (κ1) is 15.4. The fourth-order valence-corrected chi connectivity index (χ4v) is 2.43. The fourth-order valence-electron chi connectivity index (χ4n) is 2.30. The number of fused-ring (bicyclic) bond motifs is 1. The minimum absolute atomic E-state index is 0.0195. The molecule has 0 radical (unpaired) electrons. The summed E-state index contributed by atoms with van der Waals surface area (Å²) in [6.07, 6.45) is 0. The van der Waals surface area contributed by atoms with Crippen molar-refractivity contribution < 1.29 is 14.3 Å². The standard InChI is InChI=1S/C17H15ClN2O3/c1-20-14-8-12(4-7-15(14)23-10-16(20)21)17(22)19-9-11-2-5-13(18)6-3-11/h2-8H,9-10H2,1H3,(H,19,22). The molecule has 1 N–H and O–H groups in total. The van der Waals surface area contributed by atoms with Gasteiger partial charge in [-0.25, -0.2) is 0 Å². The number of nitrogens with one attached hydrogen (secondary N) is 1. The van der Waals surface area contributed by atoms with Gasteiger partial charge in [0.2, 0.25) is 0 Å². The molecule has 2 amide bonds. The van der Waals surface area contributed by atoms with Crippen molar-refractivity contribution in [2.24, 2.45) is 0 Å². The maximum absolute atomic E-state index is 12.3. The number of nitrogens with zero attached hydrogens (tertiary/aromatic N) is 1. The normalized spacial score (nSPS) is 13.3. The van der Waals surface area contributed by atoms with Crippen LogP contribution in [0.4, 0.5) is 5.69 Å². The molecule has 1 aliphatic rings. The summed E-state index contributed by atoms with van der Waals surface area (Å²) in [5, 5.41) is 3.50. The highest BCUT2D eigenvalue weighted by molar-refractivity contribution is 6.30. The highest BCUT2D eigenvalue weighted by atomic mass is 35.5. The molecule has 0 atom stereocenters. The van der Waals surface area contributed by atoms with Gasteiger partial charge >= 0.3 is 0 Å². The molecule has 2 aromatic carbocycles. The average Bonchev–Trinajstić information content (AvgIpc) is 2.57. The Hall–Kier alpha value is -2.53. The zero-order valence-electron chi connectivity index (χ0n) is 12.5. The number of halogens is 1. The molecule has 6 heteroatoms. The van der Waals surface area contributed by atoms with Crippen LogP contribution in [-0.4, -0.2) is 25.5 Å². The van der Waals surface area contributed by atoms with E-state index in [1.165, 1.54) is 4.90 Å². The molecule has 118 valence electrons. The summed E-state index contributed by atoms with van der Waals surface area (Å²) < 4.78 is 5.35. The smallest absolute Gasteiger partial charge is 0.264 e. The highest BCUT2D eigenvalue weighted by Gasteiger charge is 2.23. The minimum atomic E-state index is -0.214. The third-order valence-corrected chi connectivity index (χ3v) is 3.93. The van der Waals surface area contributed by atoms with Crippen molar-refractivity contribution in [1.29, 1.82) is 0 Å². The number of hydrogen-bond acceptors (Lipinski definition) is 3. The number of ether oxygens (including phenoxy) is 1. The molecule has 1 aliphatic heterocycles. The van der Waals surface area contributed by atoms with E-state index in [9.17, 15) is 9.59 Å². The Balaban J connectivity index is 1.73. The van der Waals surface area contributed by atoms with Crippen LogP contribution in [0.1, 0.15) is 15.9 Å². The number of amides is 2. The molecule has 0 saturated carbocycles. The summed E-state index contributed by atoms with van der Waals surface area (Å²) in [5.41, 5.74) is 2.03. The van der Waals surface area contributed by atoms with Gasteiger partial charge < -0.3 is 15.0 Å². The first-order valence-corrected chi connectivity index (χ1v) is 7.48. The lowest BCUT2D eigenvalue weighted by Crippen LogP contribution is -2.35. The van der Waals surface area contributed by atoms with Crippen LogP contribution in [0.15, 0.2) is 42.5 Å². The second kappa shape index (κ2) is 6.30. The molecule has 0 saturated heterocycles. The number of carbonyl (C=O) groups excluding carboxylic acids is 2. The number of likely N-dealkylation sites (N-methyl/N-ethyl adjacent to an activating group) is 1. The molecule has 0 fully saturated rings. The van der Waals surface area contributed by atoms with Crippen molar-refractivity contribution in [3.05, 3.63) is 58.6 Å². The number of anilines is 1. The van der Waals surface area contributed by atoms with Gasteiger partial charge in [-0.3, -0.25) is 9.59 Å². The van der Waals surface area contributed by atoms with Crippen LogP contribution < -0.4 is 15.0 Å². The molecule has 5 nitrogen and oxygen atoms in total. The first-order valence-electron chi connectivity index (χ1n) is 7.10. The topological polar surface area (TPSA) is 58.6 Å². The van der Waals surface area contributed by atoms with Crippen molar-refractivity contribution in [3.8, 4) is 5.75 Å². The van der Waals surface area contributed by atoms with Crippen LogP contribution in [0.3, 0.4) is 0 Å². The maximum Gasteiger partial charge on any atom is 0.264 e. The Labute approximate surface area is 138 Å². The van der Waals surface area contributed by atoms with E-state index in [0.717, 1.165) is 5.56 Å². The van der Waals surface area contributed by atoms with Gasteiger partial charge in [-0.1, -0.05) is 23.7 Å². The van der Waals surface area contributed by atoms with E-state index in [2.05, 4.69) is 5.32 Å². The molecule has 0 spiro atoms. The lowest BCUT2D eigenvalue weighted by atomic mass is 10.1. The summed E-state index contributed by atoms with van der Waals surface area (Å²) in [5.74, 6) is 0.242. The Kier molecular flexibility index (Phi) is 4.21. The van der Waals surface area contributed by atoms with E-state index in [4.69, 9.17) is 16.3 Å². The zero-order chi connectivity index (χ0) is 16.4. The molecule has 3 rings (SSSR count). The van der Waals surface area contributed by atoms with Crippen LogP contribution in [0, 0.1) is 0 Å². The molecule has 1 heterocycles. The molecule has 0 unspecified atom stereocenters. The fraction of sp³-hybridized carbons (Fsp3) is 0.176. The van der Waals surface area contributed by atoms with Crippen LogP contribution in [0.2, 0.25) is 5.02 Å². The van der Waals surface area contributed by atoms with Gasteiger partial charge in [0.15, 0.2) is 6.61 Å². The van der Waals surface area contributed by atoms with E-state index >= 15 is 0 Å². The number of benzene rings is 2. The summed E-state index contributed by atoms with van der Waals surface area (Å²) in [6, 6.07) is 12.3.